The smallest absolute Gasteiger partial charge is 0.434 e. The molecule has 0 bridgehead atoms. The molecule has 4 heterocycles. The molecule has 2 N–H and O–H groups in total. The van der Waals surface area contributed by atoms with Crippen molar-refractivity contribution in [3.05, 3.63) is 36.1 Å². The van der Waals surface area contributed by atoms with Gasteiger partial charge in [-0.05, 0) is 67.6 Å². The molecule has 7 fully saturated rings. The molecule has 0 aromatic carbocycles. The van der Waals surface area contributed by atoms with E-state index in [1.54, 1.807) is 18.0 Å². The highest BCUT2D eigenvalue weighted by Crippen LogP contribution is 3.09. The van der Waals surface area contributed by atoms with E-state index < -0.39 is 11.9 Å². The van der Waals surface area contributed by atoms with Crippen LogP contribution in [0.15, 0.2) is 18.9 Å². The summed E-state index contributed by atoms with van der Waals surface area (Å²) in [5, 5.41) is 3.66. The van der Waals surface area contributed by atoms with Crippen LogP contribution in [0, 0.1) is 40.9 Å². The maximum absolute atomic E-state index is 13.6. The number of alkyl halides is 3. The summed E-state index contributed by atoms with van der Waals surface area (Å²) in [6.07, 6.45) is 2.07. The Morgan fingerprint density at radius 2 is 1.79 bits per heavy atom. The van der Waals surface area contributed by atoms with Crippen molar-refractivity contribution in [1.29, 1.82) is 0 Å². The second-order valence-corrected chi connectivity index (χ2v) is 13.4. The average Bonchev–Trinajstić information content (AvgIpc) is 3.52. The van der Waals surface area contributed by atoms with Gasteiger partial charge in [0, 0.05) is 30.1 Å². The highest BCUT2D eigenvalue weighted by atomic mass is 19.4. The highest BCUT2D eigenvalue weighted by Gasteiger charge is 3.10. The van der Waals surface area contributed by atoms with Crippen LogP contribution < -0.4 is 10.1 Å². The fourth-order valence-corrected chi connectivity index (χ4v) is 10.5. The van der Waals surface area contributed by atoms with Crippen LogP contribution in [-0.2, 0) is 11.6 Å². The van der Waals surface area contributed by atoms with Gasteiger partial charge in [0.15, 0.2) is 23.0 Å². The van der Waals surface area contributed by atoms with Crippen molar-refractivity contribution in [2.75, 3.05) is 19.0 Å². The number of hydrogen-bond donors (Lipinski definition) is 2. The fraction of sp³-hybridized carbons (Fsp3) is 0.586. The Morgan fingerprint density at radius 1 is 1.05 bits per heavy atom. The van der Waals surface area contributed by atoms with Crippen molar-refractivity contribution in [3.8, 4) is 17.3 Å². The SMILES string of the molecule is COc1ncnc(C2CC2)c1-c1nc(NCC23C4C5C2C2C3C4C52c2nc(C(F)(F)F)cn2C(C)C)c2[nH]cnc2n1. The van der Waals surface area contributed by atoms with Gasteiger partial charge in [-0.25, -0.2) is 29.9 Å². The lowest BCUT2D eigenvalue weighted by atomic mass is 8.92. The molecule has 0 saturated heterocycles. The average molecular weight is 576 g/mol. The van der Waals surface area contributed by atoms with Crippen molar-refractivity contribution in [1.82, 2.24) is 39.5 Å². The minimum atomic E-state index is -4.43. The summed E-state index contributed by atoms with van der Waals surface area (Å²) < 4.78 is 48.2. The largest absolute Gasteiger partial charge is 0.480 e. The van der Waals surface area contributed by atoms with Crippen molar-refractivity contribution in [3.63, 3.8) is 0 Å². The maximum Gasteiger partial charge on any atom is 0.434 e. The van der Waals surface area contributed by atoms with Gasteiger partial charge in [-0.15, -0.1) is 0 Å². The van der Waals surface area contributed by atoms with Crippen molar-refractivity contribution in [2.45, 2.75) is 50.2 Å². The van der Waals surface area contributed by atoms with Crippen LogP contribution in [0.3, 0.4) is 0 Å². The molecule has 4 aromatic heterocycles. The summed E-state index contributed by atoms with van der Waals surface area (Å²) >= 11 is 0. The molecule has 0 atom stereocenters. The topological polar surface area (TPSA) is 119 Å². The van der Waals surface area contributed by atoms with Gasteiger partial charge in [-0.3, -0.25) is 0 Å². The number of nitrogens with one attached hydrogen (secondary N) is 2. The summed E-state index contributed by atoms with van der Waals surface area (Å²) in [5.74, 6) is 5.62. The van der Waals surface area contributed by atoms with Gasteiger partial charge in [-0.2, -0.15) is 13.2 Å². The Hall–Kier alpha value is -3.77. The third kappa shape index (κ3) is 2.32. The van der Waals surface area contributed by atoms with E-state index in [4.69, 9.17) is 14.7 Å². The minimum absolute atomic E-state index is 0.0577. The summed E-state index contributed by atoms with van der Waals surface area (Å²) in [6, 6.07) is -0.0577. The monoisotopic (exact) mass is 575 g/mol. The lowest BCUT2D eigenvalue weighted by Crippen LogP contribution is -3.12. The Kier molecular flexibility index (Phi) is 3.99. The highest BCUT2D eigenvalue weighted by molar-refractivity contribution is 5.85. The normalized spacial score (nSPS) is 36.1. The molecule has 0 spiro atoms. The number of imidazole rings is 2. The van der Waals surface area contributed by atoms with Crippen LogP contribution >= 0.6 is 0 Å². The van der Waals surface area contributed by atoms with Gasteiger partial charge < -0.3 is 19.6 Å². The van der Waals surface area contributed by atoms with E-state index >= 15 is 0 Å². The third-order valence-corrected chi connectivity index (χ3v) is 11.9. The van der Waals surface area contributed by atoms with E-state index in [-0.39, 0.29) is 16.9 Å². The van der Waals surface area contributed by atoms with Crippen molar-refractivity contribution in [2.24, 2.45) is 40.9 Å². The Morgan fingerprint density at radius 3 is 2.43 bits per heavy atom. The molecule has 0 radical (unpaired) electrons. The maximum atomic E-state index is 13.6. The number of hydrogen-bond acceptors (Lipinski definition) is 8. The predicted octanol–water partition coefficient (Wildman–Crippen LogP) is 4.59. The number of anilines is 1. The van der Waals surface area contributed by atoms with E-state index in [1.165, 1.54) is 12.5 Å². The van der Waals surface area contributed by atoms with Crippen LogP contribution in [0.25, 0.3) is 22.6 Å². The molecule has 216 valence electrons. The standard InChI is InChI=1S/C29H28F3N9O/c1-10(2)41-6-12(29(30,31)32)38-26(41)28-17-14-18(28)16-19(28)15(17)27(14,16)7-33-23-21-24(36-8-35-21)40-22(39-23)13-20(11-4-5-11)34-9-37-25(13)42-3/h6,8-11,14-19H,4-5,7H2,1-3H3,(H2,33,35,36,39,40). The first-order valence-electron chi connectivity index (χ1n) is 14.7. The number of halogens is 3. The predicted molar refractivity (Wildman–Crippen MR) is 142 cm³/mol. The van der Waals surface area contributed by atoms with E-state index in [0.29, 0.717) is 76.0 Å². The Bertz CT molecular complexity index is 1790. The summed E-state index contributed by atoms with van der Waals surface area (Å²) in [7, 11) is 1.59. The molecule has 0 amide bonds. The zero-order chi connectivity index (χ0) is 28.5. The van der Waals surface area contributed by atoms with Gasteiger partial charge in [0.05, 0.1) is 19.1 Å². The number of H-pyrrole nitrogens is 1. The van der Waals surface area contributed by atoms with Gasteiger partial charge in [0.2, 0.25) is 5.88 Å². The molecule has 10 nitrogen and oxygen atoms in total. The van der Waals surface area contributed by atoms with Crippen LogP contribution in [0.4, 0.5) is 19.0 Å². The van der Waals surface area contributed by atoms with Crippen LogP contribution in [0.2, 0.25) is 0 Å². The van der Waals surface area contributed by atoms with Gasteiger partial charge in [0.1, 0.15) is 23.2 Å². The lowest BCUT2D eigenvalue weighted by molar-refractivity contribution is -0.626. The minimum Gasteiger partial charge on any atom is -0.480 e. The lowest BCUT2D eigenvalue weighted by Gasteiger charge is -3.11. The van der Waals surface area contributed by atoms with E-state index in [9.17, 15) is 13.2 Å². The van der Waals surface area contributed by atoms with Gasteiger partial charge in [0.25, 0.3) is 0 Å². The molecule has 42 heavy (non-hydrogen) atoms. The Labute approximate surface area is 238 Å². The molecular formula is C29H28F3N9O. The number of methoxy groups -OCH3 is 1. The van der Waals surface area contributed by atoms with E-state index in [1.807, 2.05) is 13.8 Å². The van der Waals surface area contributed by atoms with Crippen LogP contribution in [0.5, 0.6) is 5.88 Å². The number of aromatic nitrogens is 8. The molecule has 0 aliphatic heterocycles. The Balaban J connectivity index is 0.954. The first kappa shape index (κ1) is 23.8. The van der Waals surface area contributed by atoms with E-state index in [0.717, 1.165) is 30.6 Å². The second kappa shape index (κ2) is 7.05. The number of ether oxygens (including phenoxy) is 1. The van der Waals surface area contributed by atoms with Crippen molar-refractivity contribution >= 4 is 17.0 Å². The first-order chi connectivity index (χ1) is 20.2. The van der Waals surface area contributed by atoms with Gasteiger partial charge >= 0.3 is 6.18 Å². The molecular weight excluding hydrogens is 547 g/mol. The first-order valence-corrected chi connectivity index (χ1v) is 14.7. The molecule has 7 aliphatic carbocycles. The molecule has 13 heteroatoms. The van der Waals surface area contributed by atoms with Crippen LogP contribution in [0.1, 0.15) is 55.9 Å². The quantitative estimate of drug-likeness (QED) is 0.313. The molecule has 7 aliphatic rings. The number of aromatic amines is 1. The molecule has 4 aromatic rings. The molecule has 7 saturated carbocycles. The molecule has 11 rings (SSSR count). The van der Waals surface area contributed by atoms with Crippen LogP contribution in [-0.4, -0.2) is 53.1 Å². The number of nitrogens with zero attached hydrogens (tertiary/aromatic N) is 7. The zero-order valence-corrected chi connectivity index (χ0v) is 23.1. The fourth-order valence-electron chi connectivity index (χ4n) is 10.5. The van der Waals surface area contributed by atoms with E-state index in [2.05, 4.69) is 30.2 Å². The van der Waals surface area contributed by atoms with Gasteiger partial charge in [-0.1, -0.05) is 0 Å². The zero-order valence-electron chi connectivity index (χ0n) is 23.1. The number of fused-ring (bicyclic) bond motifs is 1. The molecule has 0 unspecified atom stereocenters. The van der Waals surface area contributed by atoms with Crippen molar-refractivity contribution < 1.29 is 17.9 Å². The second-order valence-electron chi connectivity index (χ2n) is 13.4. The summed E-state index contributed by atoms with van der Waals surface area (Å²) in [5.41, 5.74) is 2.23. The third-order valence-electron chi connectivity index (χ3n) is 11.9. The summed E-state index contributed by atoms with van der Waals surface area (Å²) in [6.45, 7) is 4.66. The number of rotatable bonds is 8. The summed E-state index contributed by atoms with van der Waals surface area (Å²) in [4.78, 5) is 30.4.